The average molecular weight is 789 g/mol. The Morgan fingerprint density at radius 1 is 1.00 bits per heavy atom. The van der Waals surface area contributed by atoms with Gasteiger partial charge in [0.15, 0.2) is 11.0 Å². The van der Waals surface area contributed by atoms with Crippen molar-refractivity contribution in [3.63, 3.8) is 0 Å². The molecule has 0 saturated carbocycles. The molecule has 14 heteroatoms. The van der Waals surface area contributed by atoms with E-state index in [-0.39, 0.29) is 49.1 Å². The molecule has 2 aromatic carbocycles. The van der Waals surface area contributed by atoms with Crippen molar-refractivity contribution in [2.24, 2.45) is 11.8 Å². The van der Waals surface area contributed by atoms with Gasteiger partial charge in [0.1, 0.15) is 24.1 Å². The highest BCUT2D eigenvalue weighted by atomic mass is 32.2. The van der Waals surface area contributed by atoms with E-state index in [0.717, 1.165) is 27.9 Å². The second-order valence-electron chi connectivity index (χ2n) is 14.8. The van der Waals surface area contributed by atoms with E-state index >= 15 is 0 Å². The van der Waals surface area contributed by atoms with Crippen molar-refractivity contribution in [2.45, 2.75) is 77.0 Å². The zero-order valence-electron chi connectivity index (χ0n) is 33.5. The van der Waals surface area contributed by atoms with Crippen LogP contribution in [0.15, 0.2) is 72.1 Å². The molecule has 5 rings (SSSR count). The molecule has 1 aliphatic rings. The Hall–Kier alpha value is -4.34. The minimum atomic E-state index is -1.28. The number of aliphatic hydroxyl groups excluding tert-OH is 2. The fourth-order valence-electron chi connectivity index (χ4n) is 7.31. The van der Waals surface area contributed by atoms with Gasteiger partial charge in [-0.15, -0.1) is 10.2 Å². The van der Waals surface area contributed by atoms with Crippen molar-refractivity contribution in [3.8, 4) is 22.8 Å². The number of rotatable bonds is 9. The molecular weight excluding hydrogens is 733 g/mol. The van der Waals surface area contributed by atoms with E-state index in [1.54, 1.807) is 24.4 Å². The fourth-order valence-corrected chi connectivity index (χ4v) is 8.14. The smallest absolute Gasteiger partial charge is 0.233 e. The van der Waals surface area contributed by atoms with Crippen LogP contribution in [-0.2, 0) is 19.1 Å². The Kier molecular flexibility index (Phi) is 15.4. The van der Waals surface area contributed by atoms with Crippen LogP contribution >= 0.6 is 11.8 Å². The molecule has 2 N–H and O–H groups in total. The molecule has 0 aliphatic carbocycles. The highest BCUT2D eigenvalue weighted by Crippen LogP contribution is 2.38. The zero-order valence-corrected chi connectivity index (χ0v) is 34.3. The molecule has 2 aromatic heterocycles. The number of aryl methyl sites for hydroxylation is 2. The highest BCUT2D eigenvalue weighted by Gasteiger charge is 2.38. The number of carbonyl (C=O) groups is 2. The van der Waals surface area contributed by atoms with E-state index in [1.165, 1.54) is 25.8 Å². The van der Waals surface area contributed by atoms with Gasteiger partial charge in [-0.25, -0.2) is 0 Å². The van der Waals surface area contributed by atoms with Crippen LogP contribution in [0.5, 0.6) is 5.75 Å². The number of thioether (sulfide) groups is 1. The van der Waals surface area contributed by atoms with E-state index in [4.69, 9.17) is 14.2 Å². The minimum Gasteiger partial charge on any atom is -0.497 e. The topological polar surface area (TPSA) is 152 Å². The maximum atomic E-state index is 14.9. The van der Waals surface area contributed by atoms with E-state index in [2.05, 4.69) is 47.2 Å². The molecular formula is C42H56N6O7S. The lowest BCUT2D eigenvalue weighted by Crippen LogP contribution is -2.51. The summed E-state index contributed by atoms with van der Waals surface area (Å²) in [6.07, 6.45) is 1.33. The lowest BCUT2D eigenvalue weighted by Gasteiger charge is -2.42. The summed E-state index contributed by atoms with van der Waals surface area (Å²) >= 11 is 1.32. The van der Waals surface area contributed by atoms with Crippen LogP contribution in [-0.4, -0.2) is 123 Å². The summed E-state index contributed by atoms with van der Waals surface area (Å²) in [6, 6.07) is 17.3. The number of aromatic nitrogens is 4. The lowest BCUT2D eigenvalue weighted by atomic mass is 9.82. The van der Waals surface area contributed by atoms with Gasteiger partial charge < -0.3 is 34.2 Å². The van der Waals surface area contributed by atoms with Gasteiger partial charge in [-0.1, -0.05) is 43.8 Å². The Morgan fingerprint density at radius 2 is 1.77 bits per heavy atom. The second-order valence-corrected chi connectivity index (χ2v) is 15.7. The van der Waals surface area contributed by atoms with Crippen molar-refractivity contribution in [2.75, 3.05) is 52.8 Å². The number of aliphatic hydroxyl groups is 2. The molecule has 4 aromatic rings. The predicted molar refractivity (Wildman–Crippen MR) is 216 cm³/mol. The third-order valence-corrected chi connectivity index (χ3v) is 11.2. The molecule has 13 nitrogen and oxygen atoms in total. The first-order valence-electron chi connectivity index (χ1n) is 19.1. The normalized spacial score (nSPS) is 21.7. The van der Waals surface area contributed by atoms with E-state index in [0.29, 0.717) is 42.7 Å². The molecule has 0 unspecified atom stereocenters. The van der Waals surface area contributed by atoms with Gasteiger partial charge in [0.2, 0.25) is 11.8 Å². The summed E-state index contributed by atoms with van der Waals surface area (Å²) in [4.78, 5) is 36.1. The summed E-state index contributed by atoms with van der Waals surface area (Å²) < 4.78 is 19.1. The third kappa shape index (κ3) is 10.7. The number of carbonyl (C=O) groups excluding carboxylic acids is 2. The van der Waals surface area contributed by atoms with E-state index in [9.17, 15) is 19.8 Å². The van der Waals surface area contributed by atoms with Gasteiger partial charge in [0.05, 0.1) is 31.2 Å². The number of amides is 2. The molecule has 0 bridgehead atoms. The number of nitrogens with zero attached hydrogens (tertiary/aromatic N) is 6. The van der Waals surface area contributed by atoms with Crippen LogP contribution in [0.2, 0.25) is 0 Å². The third-order valence-electron chi connectivity index (χ3n) is 10.3. The summed E-state index contributed by atoms with van der Waals surface area (Å²) in [5.41, 5.74) is 4.74. The van der Waals surface area contributed by atoms with Crippen LogP contribution in [0.1, 0.15) is 56.3 Å². The summed E-state index contributed by atoms with van der Waals surface area (Å²) in [5, 5.41) is 31.6. The first-order chi connectivity index (χ1) is 26.9. The first kappa shape index (κ1) is 42.8. The number of benzene rings is 2. The molecule has 0 radical (unpaired) electrons. The van der Waals surface area contributed by atoms with Gasteiger partial charge >= 0.3 is 0 Å². The SMILES string of the molecule is COc1cccc([C@@H]2[C@@H](C(C)C)CN(C(C)=O)C[C@H](OC)[C@@H](O)[C@@H](O)COCCCCN2C(=O)CSc2nnc(-c3cccnc3)n2-c2cc(C)cc(C)c2)c1. The van der Waals surface area contributed by atoms with Gasteiger partial charge in [-0.05, 0) is 85.7 Å². The number of hydrogen-bond donors (Lipinski definition) is 2. The molecule has 1 aliphatic heterocycles. The van der Waals surface area contributed by atoms with E-state index in [1.807, 2.05) is 59.7 Å². The molecule has 2 amide bonds. The Bertz CT molecular complexity index is 1870. The Morgan fingerprint density at radius 3 is 2.43 bits per heavy atom. The molecule has 5 atom stereocenters. The van der Waals surface area contributed by atoms with Crippen molar-refractivity contribution in [1.29, 1.82) is 0 Å². The standard InChI is InChI=1S/C42H56N6O7S/c1-27(2)35-23-46(30(5)49)24-37(54-7)40(52)36(50)25-55-17-9-8-16-47(39(35)31-12-10-14-34(21-31)53-6)38(51)26-56-42-45-44-41(32-13-11-15-43-22-32)48(42)33-19-28(3)18-29(4)20-33/h10-15,18-22,27,35-37,39-40,50,52H,8-9,16-17,23-26H2,1-7H3/t35-,36+,37+,39-,40+/m1/s1. The quantitative estimate of drug-likeness (QED) is 0.213. The van der Waals surface area contributed by atoms with Crippen LogP contribution in [0, 0.1) is 25.7 Å². The van der Waals surface area contributed by atoms with Gasteiger partial charge in [-0.3, -0.25) is 19.1 Å². The monoisotopic (exact) mass is 788 g/mol. The molecule has 1 fully saturated rings. The molecule has 302 valence electrons. The van der Waals surface area contributed by atoms with E-state index < -0.39 is 24.4 Å². The lowest BCUT2D eigenvalue weighted by molar-refractivity contribution is -0.139. The summed E-state index contributed by atoms with van der Waals surface area (Å²) in [6.45, 7) is 10.7. The predicted octanol–water partition coefficient (Wildman–Crippen LogP) is 5.28. The summed E-state index contributed by atoms with van der Waals surface area (Å²) in [5.74, 6) is 0.770. The van der Waals surface area contributed by atoms with Crippen molar-refractivity contribution in [1.82, 2.24) is 29.5 Å². The van der Waals surface area contributed by atoms with Gasteiger partial charge in [0, 0.05) is 64.1 Å². The van der Waals surface area contributed by atoms with Gasteiger partial charge in [-0.2, -0.15) is 0 Å². The Balaban J connectivity index is 1.57. The van der Waals surface area contributed by atoms with Crippen LogP contribution in [0.4, 0.5) is 0 Å². The molecule has 3 heterocycles. The van der Waals surface area contributed by atoms with Crippen LogP contribution in [0.25, 0.3) is 17.1 Å². The van der Waals surface area contributed by atoms with Crippen LogP contribution in [0.3, 0.4) is 0 Å². The number of pyridine rings is 1. The number of ether oxygens (including phenoxy) is 3. The Labute approximate surface area is 334 Å². The maximum absolute atomic E-state index is 14.9. The first-order valence-corrected chi connectivity index (χ1v) is 20.1. The zero-order chi connectivity index (χ0) is 40.4. The molecule has 1 saturated heterocycles. The summed E-state index contributed by atoms with van der Waals surface area (Å²) in [7, 11) is 3.06. The van der Waals surface area contributed by atoms with Gasteiger partial charge in [0.25, 0.3) is 0 Å². The van der Waals surface area contributed by atoms with Crippen LogP contribution < -0.4 is 4.74 Å². The molecule has 0 spiro atoms. The minimum absolute atomic E-state index is 0.00114. The average Bonchev–Trinajstić information content (AvgIpc) is 3.61. The molecule has 56 heavy (non-hydrogen) atoms. The van der Waals surface area contributed by atoms with Crippen molar-refractivity contribution >= 4 is 23.6 Å². The fraction of sp³-hybridized carbons (Fsp3) is 0.500. The second kappa shape index (κ2) is 20.2. The van der Waals surface area contributed by atoms with Crippen molar-refractivity contribution < 1.29 is 34.0 Å². The number of hydrogen-bond acceptors (Lipinski definition) is 11. The number of methoxy groups -OCH3 is 2. The highest BCUT2D eigenvalue weighted by molar-refractivity contribution is 7.99. The largest absolute Gasteiger partial charge is 0.497 e. The maximum Gasteiger partial charge on any atom is 0.233 e. The van der Waals surface area contributed by atoms with Crippen molar-refractivity contribution in [3.05, 3.63) is 83.7 Å².